The number of primary sulfonamides is 1. The number of nitrogens with two attached hydrogens (primary N) is 1. The van der Waals surface area contributed by atoms with E-state index in [1.54, 1.807) is 0 Å². The van der Waals surface area contributed by atoms with Crippen molar-refractivity contribution in [2.75, 3.05) is 5.88 Å². The monoisotopic (exact) mass is 278 g/mol. The Morgan fingerprint density at radius 3 is 2.50 bits per heavy atom. The molecule has 0 radical (unpaired) electrons. The van der Waals surface area contributed by atoms with Crippen LogP contribution in [-0.2, 0) is 19.7 Å². The third-order valence-corrected chi connectivity index (χ3v) is 3.79. The quantitative estimate of drug-likeness (QED) is 0.770. The fraction of sp³-hybridized carbons (Fsp3) is 0.400. The van der Waals surface area contributed by atoms with Crippen molar-refractivity contribution in [1.82, 2.24) is 5.06 Å². The molecule has 1 aliphatic heterocycles. The number of carbonyl (C=O) groups is 1. The van der Waals surface area contributed by atoms with Crippen molar-refractivity contribution >= 4 is 27.8 Å². The normalized spacial score (nSPS) is 17.2. The van der Waals surface area contributed by atoms with Gasteiger partial charge in [-0.2, -0.15) is 13.2 Å². The largest absolute Gasteiger partial charge is 0.493 e. The molecular weight excluding hydrogens is 273 g/mol. The molecule has 0 amide bonds. The highest BCUT2D eigenvalue weighted by Crippen LogP contribution is 2.29. The van der Waals surface area contributed by atoms with Gasteiger partial charge in [0.1, 0.15) is 10.1 Å². The molecule has 0 bridgehead atoms. The molecule has 0 spiro atoms. The second-order valence-corrected chi connectivity index (χ2v) is 5.34. The minimum atomic E-state index is -5.14. The van der Waals surface area contributed by atoms with Crippen molar-refractivity contribution in [1.29, 1.82) is 0 Å². The summed E-state index contributed by atoms with van der Waals surface area (Å²) in [5, 5.41) is 5.16. The summed E-state index contributed by atoms with van der Waals surface area (Å²) >= 11 is 0.640. The number of hydroxylamine groups is 2. The fourth-order valence-corrected chi connectivity index (χ4v) is 2.34. The molecule has 11 heteroatoms. The second kappa shape index (κ2) is 4.14. The maximum absolute atomic E-state index is 11.8. The maximum atomic E-state index is 11.8. The molecule has 0 saturated carbocycles. The van der Waals surface area contributed by atoms with Gasteiger partial charge < -0.3 is 4.84 Å². The Bertz CT molecular complexity index is 429. The van der Waals surface area contributed by atoms with E-state index in [1.165, 1.54) is 0 Å². The summed E-state index contributed by atoms with van der Waals surface area (Å²) in [6.07, 6.45) is -4.42. The van der Waals surface area contributed by atoms with Gasteiger partial charge in [0.05, 0.1) is 6.20 Å². The number of hydrogen-bond donors (Lipinski definition) is 1. The number of thioether (sulfide) groups is 1. The Balaban J connectivity index is 2.68. The molecule has 0 aromatic carbocycles. The van der Waals surface area contributed by atoms with E-state index >= 15 is 0 Å². The van der Waals surface area contributed by atoms with Crippen LogP contribution in [0, 0.1) is 0 Å². The summed E-state index contributed by atoms with van der Waals surface area (Å²) < 4.78 is 56.4. The van der Waals surface area contributed by atoms with E-state index in [2.05, 4.69) is 4.84 Å². The average molecular weight is 278 g/mol. The Morgan fingerprint density at radius 1 is 1.56 bits per heavy atom. The highest BCUT2D eigenvalue weighted by molar-refractivity contribution is 8.18. The molecule has 92 valence electrons. The van der Waals surface area contributed by atoms with Gasteiger partial charge in [-0.25, -0.2) is 23.4 Å². The van der Waals surface area contributed by atoms with Crippen LogP contribution in [0.5, 0.6) is 0 Å². The van der Waals surface area contributed by atoms with E-state index in [-0.39, 0.29) is 10.1 Å². The van der Waals surface area contributed by atoms with Crippen molar-refractivity contribution in [3.63, 3.8) is 0 Å². The van der Waals surface area contributed by atoms with Crippen LogP contribution in [0.1, 0.15) is 0 Å². The summed E-state index contributed by atoms with van der Waals surface area (Å²) in [7, 11) is -4.00. The average Bonchev–Trinajstić information content (AvgIpc) is 2.49. The van der Waals surface area contributed by atoms with Gasteiger partial charge in [0.15, 0.2) is 0 Å². The maximum Gasteiger partial charge on any atom is 0.493 e. The first-order chi connectivity index (χ1) is 7.10. The first-order valence-electron chi connectivity index (χ1n) is 3.54. The lowest BCUT2D eigenvalue weighted by atomic mass is 10.7. The van der Waals surface area contributed by atoms with Crippen LogP contribution >= 0.6 is 11.8 Å². The van der Waals surface area contributed by atoms with Crippen molar-refractivity contribution in [2.24, 2.45) is 5.14 Å². The molecule has 2 N–H and O–H groups in total. The molecule has 1 aliphatic rings. The molecule has 0 aromatic rings. The molecule has 16 heavy (non-hydrogen) atoms. The van der Waals surface area contributed by atoms with Crippen molar-refractivity contribution in [3.8, 4) is 0 Å². The number of hydrogen-bond acceptors (Lipinski definition) is 6. The minimum Gasteiger partial charge on any atom is -0.332 e. The van der Waals surface area contributed by atoms with E-state index in [4.69, 9.17) is 5.14 Å². The lowest BCUT2D eigenvalue weighted by Gasteiger charge is -2.14. The zero-order valence-corrected chi connectivity index (χ0v) is 9.03. The Morgan fingerprint density at radius 2 is 2.12 bits per heavy atom. The van der Waals surface area contributed by atoms with Crippen LogP contribution in [-0.4, -0.2) is 31.5 Å². The zero-order chi connectivity index (χ0) is 12.6. The number of carbonyl (C=O) groups excluding carboxylic acids is 1. The van der Waals surface area contributed by atoms with Gasteiger partial charge in [-0.15, -0.1) is 0 Å². The fourth-order valence-electron chi connectivity index (χ4n) is 0.686. The molecular formula is C5H5F3N2O4S2. The number of nitrogens with zero attached hydrogens (tertiary/aromatic N) is 1. The van der Waals surface area contributed by atoms with Crippen LogP contribution in [0.2, 0.25) is 0 Å². The molecule has 0 aliphatic carbocycles. The van der Waals surface area contributed by atoms with Crippen LogP contribution in [0.4, 0.5) is 13.2 Å². The summed E-state index contributed by atoms with van der Waals surface area (Å²) in [4.78, 5) is 14.2. The lowest BCUT2D eigenvalue weighted by molar-refractivity contribution is -0.226. The third kappa shape index (κ3) is 3.28. The molecule has 0 saturated heterocycles. The van der Waals surface area contributed by atoms with Gasteiger partial charge in [0, 0.05) is 0 Å². The van der Waals surface area contributed by atoms with Gasteiger partial charge in [0.2, 0.25) is 10.0 Å². The van der Waals surface area contributed by atoms with Crippen LogP contribution < -0.4 is 5.14 Å². The van der Waals surface area contributed by atoms with Gasteiger partial charge in [-0.05, 0) is 0 Å². The molecule has 0 aromatic heterocycles. The lowest BCUT2D eigenvalue weighted by Crippen LogP contribution is -2.31. The number of rotatable bonds is 2. The molecule has 6 nitrogen and oxygen atoms in total. The standard InChI is InChI=1S/C5H5F3N2O4S2/c6-5(7,8)4(11)14-10-1-3(15-2-10)16(9,12)13/h1H,2H2,(H2,9,12,13). The summed E-state index contributed by atoms with van der Waals surface area (Å²) in [6.45, 7) is 0. The summed E-state index contributed by atoms with van der Waals surface area (Å²) in [5.41, 5.74) is 0. The molecule has 0 atom stereocenters. The van der Waals surface area contributed by atoms with Crippen molar-refractivity contribution in [2.45, 2.75) is 6.18 Å². The smallest absolute Gasteiger partial charge is 0.332 e. The predicted molar refractivity (Wildman–Crippen MR) is 47.6 cm³/mol. The van der Waals surface area contributed by atoms with Crippen molar-refractivity contribution in [3.05, 3.63) is 10.4 Å². The second-order valence-electron chi connectivity index (χ2n) is 2.56. The zero-order valence-electron chi connectivity index (χ0n) is 7.39. The van der Waals surface area contributed by atoms with E-state index in [0.29, 0.717) is 23.0 Å². The van der Waals surface area contributed by atoms with Gasteiger partial charge in [-0.3, -0.25) is 0 Å². The highest BCUT2D eigenvalue weighted by atomic mass is 32.3. The van der Waals surface area contributed by atoms with Gasteiger partial charge >= 0.3 is 12.1 Å². The van der Waals surface area contributed by atoms with E-state index in [1.807, 2.05) is 0 Å². The Kier molecular flexibility index (Phi) is 3.40. The summed E-state index contributed by atoms with van der Waals surface area (Å²) in [5.74, 6) is -2.70. The van der Waals surface area contributed by atoms with E-state index < -0.39 is 22.2 Å². The molecule has 1 rings (SSSR count). The van der Waals surface area contributed by atoms with Crippen LogP contribution in [0.25, 0.3) is 0 Å². The first kappa shape index (κ1) is 13.1. The number of sulfonamides is 1. The third-order valence-electron chi connectivity index (χ3n) is 1.30. The molecule has 0 unspecified atom stereocenters. The minimum absolute atomic E-state index is 0.270. The first-order valence-corrected chi connectivity index (χ1v) is 6.07. The predicted octanol–water partition coefficient (Wildman–Crippen LogP) is 0.101. The molecule has 1 heterocycles. The van der Waals surface area contributed by atoms with Gasteiger partial charge in [0.25, 0.3) is 0 Å². The topological polar surface area (TPSA) is 89.7 Å². The Labute approximate surface area is 92.2 Å². The highest BCUT2D eigenvalue weighted by Gasteiger charge is 2.43. The van der Waals surface area contributed by atoms with Crippen LogP contribution in [0.15, 0.2) is 10.4 Å². The van der Waals surface area contributed by atoms with Gasteiger partial charge in [-0.1, -0.05) is 11.8 Å². The van der Waals surface area contributed by atoms with Crippen LogP contribution in [0.3, 0.4) is 0 Å². The SMILES string of the molecule is NS(=O)(=O)C1=CN(OC(=O)C(F)(F)F)CS1. The number of halogens is 3. The Hall–Kier alpha value is -0.940. The van der Waals surface area contributed by atoms with E-state index in [9.17, 15) is 26.4 Å². The summed E-state index contributed by atoms with van der Waals surface area (Å²) in [6, 6.07) is 0. The van der Waals surface area contributed by atoms with E-state index in [0.717, 1.165) is 0 Å². The molecule has 0 fully saturated rings. The van der Waals surface area contributed by atoms with Crippen molar-refractivity contribution < 1.29 is 31.2 Å². The number of alkyl halides is 3.